The molecule has 0 aliphatic rings. The van der Waals surface area contributed by atoms with Crippen molar-refractivity contribution in [2.75, 3.05) is 57.3 Å². The van der Waals surface area contributed by atoms with Crippen LogP contribution in [-0.2, 0) is 9.59 Å². The van der Waals surface area contributed by atoms with Crippen molar-refractivity contribution in [3.8, 4) is 0 Å². The molecule has 25 heavy (non-hydrogen) atoms. The fourth-order valence-corrected chi connectivity index (χ4v) is 2.96. The van der Waals surface area contributed by atoms with Crippen LogP contribution in [-0.4, -0.2) is 85.0 Å². The number of nitrogens with zero attached hydrogens (tertiary/aromatic N) is 2. The number of rotatable bonds is 15. The van der Waals surface area contributed by atoms with Crippen LogP contribution in [0, 0.1) is 6.42 Å². The Labute approximate surface area is 158 Å². The smallest absolute Gasteiger partial charge is 0.230 e. The van der Waals surface area contributed by atoms with Gasteiger partial charge in [-0.15, -0.1) is 0 Å². The summed E-state index contributed by atoms with van der Waals surface area (Å²) in [5.74, 6) is 0.894. The molecule has 6 nitrogen and oxygen atoms in total. The lowest BCUT2D eigenvalue weighted by atomic mass is 10.3. The van der Waals surface area contributed by atoms with Gasteiger partial charge in [0.25, 0.3) is 0 Å². The lowest BCUT2D eigenvalue weighted by molar-refractivity contribution is -0.119. The van der Waals surface area contributed by atoms with Crippen LogP contribution in [0.2, 0.25) is 0 Å². The largest absolute Gasteiger partial charge is 0.354 e. The Hall–Kier alpha value is -0.790. The van der Waals surface area contributed by atoms with Crippen molar-refractivity contribution in [1.29, 1.82) is 0 Å². The highest BCUT2D eigenvalue weighted by atomic mass is 32.2. The first kappa shape index (κ1) is 24.2. The molecule has 0 aliphatic carbocycles. The molecule has 0 rings (SSSR count). The normalized spacial score (nSPS) is 11.4. The Balaban J connectivity index is 3.74. The van der Waals surface area contributed by atoms with Crippen molar-refractivity contribution in [2.45, 2.75) is 40.7 Å². The molecule has 0 aromatic carbocycles. The number of likely N-dealkylation sites (N-methyl/N-ethyl adjacent to an activating group) is 2. The van der Waals surface area contributed by atoms with Gasteiger partial charge in [-0.05, 0) is 33.5 Å². The topological polar surface area (TPSA) is 64.7 Å². The van der Waals surface area contributed by atoms with Crippen molar-refractivity contribution >= 4 is 23.6 Å². The minimum atomic E-state index is -0.0744. The van der Waals surface area contributed by atoms with Crippen LogP contribution < -0.4 is 10.6 Å². The molecule has 0 spiro atoms. The zero-order chi connectivity index (χ0) is 19.1. The van der Waals surface area contributed by atoms with E-state index in [2.05, 4.69) is 41.2 Å². The first-order chi connectivity index (χ1) is 11.9. The Morgan fingerprint density at radius 2 is 1.60 bits per heavy atom. The summed E-state index contributed by atoms with van der Waals surface area (Å²) in [5.41, 5.74) is 0. The summed E-state index contributed by atoms with van der Waals surface area (Å²) in [6.07, 6.45) is 1.59. The van der Waals surface area contributed by atoms with Crippen LogP contribution in [0.25, 0.3) is 0 Å². The second-order valence-corrected chi connectivity index (χ2v) is 7.22. The number of nitrogens with one attached hydrogen (secondary N) is 2. The molecule has 0 fully saturated rings. The summed E-state index contributed by atoms with van der Waals surface area (Å²) in [4.78, 5) is 28.0. The van der Waals surface area contributed by atoms with E-state index in [0.717, 1.165) is 39.3 Å². The summed E-state index contributed by atoms with van der Waals surface area (Å²) in [7, 11) is 0. The molecule has 0 heterocycles. The molecule has 0 atom stereocenters. The van der Waals surface area contributed by atoms with Crippen LogP contribution in [0.4, 0.5) is 0 Å². The van der Waals surface area contributed by atoms with Gasteiger partial charge in [-0.25, -0.2) is 0 Å². The predicted octanol–water partition coefficient (Wildman–Crippen LogP) is 1.23. The van der Waals surface area contributed by atoms with Crippen LogP contribution in [0.15, 0.2) is 0 Å². The van der Waals surface area contributed by atoms with Gasteiger partial charge in [0, 0.05) is 38.0 Å². The van der Waals surface area contributed by atoms with Crippen LogP contribution in [0.3, 0.4) is 0 Å². The molecule has 0 aromatic rings. The van der Waals surface area contributed by atoms with Crippen molar-refractivity contribution < 1.29 is 9.59 Å². The summed E-state index contributed by atoms with van der Waals surface area (Å²) in [6, 6.07) is 0.139. The van der Waals surface area contributed by atoms with Gasteiger partial charge in [-0.2, -0.15) is 11.8 Å². The molecule has 0 saturated heterocycles. The third-order valence-corrected chi connectivity index (χ3v) is 4.74. The van der Waals surface area contributed by atoms with E-state index in [-0.39, 0.29) is 17.9 Å². The van der Waals surface area contributed by atoms with E-state index < -0.39 is 0 Å². The summed E-state index contributed by atoms with van der Waals surface area (Å²) >= 11 is 1.45. The molecule has 147 valence electrons. The number of hydrogen-bond acceptors (Lipinski definition) is 5. The molecule has 0 aliphatic heterocycles. The third kappa shape index (κ3) is 14.1. The third-order valence-electron chi connectivity index (χ3n) is 3.87. The number of hydrogen-bond donors (Lipinski definition) is 2. The van der Waals surface area contributed by atoms with Crippen molar-refractivity contribution in [2.24, 2.45) is 0 Å². The van der Waals surface area contributed by atoms with Gasteiger partial charge >= 0.3 is 0 Å². The maximum absolute atomic E-state index is 11.8. The highest BCUT2D eigenvalue weighted by Crippen LogP contribution is 2.01. The fraction of sp³-hybridized carbons (Fsp3) is 0.833. The van der Waals surface area contributed by atoms with Crippen LogP contribution in [0.5, 0.6) is 0 Å². The Kier molecular flexibility index (Phi) is 15.0. The monoisotopic (exact) mass is 373 g/mol. The van der Waals surface area contributed by atoms with Gasteiger partial charge in [-0.1, -0.05) is 20.8 Å². The average Bonchev–Trinajstić information content (AvgIpc) is 2.57. The molecular formula is C18H37N4O2S. The molecule has 0 aromatic heterocycles. The summed E-state index contributed by atoms with van der Waals surface area (Å²) in [5, 5.41) is 5.75. The lowest BCUT2D eigenvalue weighted by Gasteiger charge is -2.25. The second kappa shape index (κ2) is 15.5. The van der Waals surface area contributed by atoms with Gasteiger partial charge in [0.05, 0.1) is 12.2 Å². The quantitative estimate of drug-likeness (QED) is 0.423. The van der Waals surface area contributed by atoms with Crippen molar-refractivity contribution in [3.63, 3.8) is 0 Å². The highest BCUT2D eigenvalue weighted by Gasteiger charge is 2.08. The zero-order valence-corrected chi connectivity index (χ0v) is 17.5. The van der Waals surface area contributed by atoms with Crippen LogP contribution in [0.1, 0.15) is 34.6 Å². The molecule has 2 N–H and O–H groups in total. The molecule has 0 unspecified atom stereocenters. The molecule has 2 amide bonds. The van der Waals surface area contributed by atoms with Gasteiger partial charge in [-0.3, -0.25) is 9.59 Å². The van der Waals surface area contributed by atoms with Gasteiger partial charge in [0.2, 0.25) is 11.8 Å². The van der Waals surface area contributed by atoms with E-state index in [9.17, 15) is 9.59 Å². The summed E-state index contributed by atoms with van der Waals surface area (Å²) in [6.45, 7) is 17.2. The molecular weight excluding hydrogens is 336 g/mol. The maximum Gasteiger partial charge on any atom is 0.230 e. The Morgan fingerprint density at radius 3 is 2.16 bits per heavy atom. The first-order valence-corrected chi connectivity index (χ1v) is 10.5. The van der Waals surface area contributed by atoms with E-state index in [1.165, 1.54) is 11.8 Å². The second-order valence-electron chi connectivity index (χ2n) is 6.19. The lowest BCUT2D eigenvalue weighted by Crippen LogP contribution is -2.39. The number of thioether (sulfide) groups is 1. The van der Waals surface area contributed by atoms with E-state index >= 15 is 0 Å². The Bertz CT molecular complexity index is 363. The van der Waals surface area contributed by atoms with Gasteiger partial charge < -0.3 is 20.4 Å². The predicted molar refractivity (Wildman–Crippen MR) is 108 cm³/mol. The SMILES string of the molecule is CCN(CC)CCN(CC)CCNC(=O)CSC[CH]C(=O)NC(C)C. The molecule has 7 heteroatoms. The first-order valence-electron chi connectivity index (χ1n) is 9.35. The molecule has 0 saturated carbocycles. The van der Waals surface area contributed by atoms with E-state index in [0.29, 0.717) is 18.1 Å². The average molecular weight is 374 g/mol. The number of amides is 2. The van der Waals surface area contributed by atoms with Gasteiger partial charge in [0.15, 0.2) is 0 Å². The molecule has 0 bridgehead atoms. The van der Waals surface area contributed by atoms with Gasteiger partial charge in [0.1, 0.15) is 0 Å². The van der Waals surface area contributed by atoms with Crippen molar-refractivity contribution in [3.05, 3.63) is 6.42 Å². The number of carbonyl (C=O) groups excluding carboxylic acids is 2. The van der Waals surface area contributed by atoms with E-state index in [1.54, 1.807) is 6.42 Å². The van der Waals surface area contributed by atoms with E-state index in [4.69, 9.17) is 0 Å². The Morgan fingerprint density at radius 1 is 1.00 bits per heavy atom. The summed E-state index contributed by atoms with van der Waals surface area (Å²) < 4.78 is 0. The maximum atomic E-state index is 11.8. The fourth-order valence-electron chi connectivity index (χ4n) is 2.28. The van der Waals surface area contributed by atoms with Crippen molar-refractivity contribution in [1.82, 2.24) is 20.4 Å². The molecule has 1 radical (unpaired) electrons. The van der Waals surface area contributed by atoms with Crippen LogP contribution >= 0.6 is 11.8 Å². The van der Waals surface area contributed by atoms with E-state index in [1.807, 2.05) is 13.8 Å². The standard InChI is InChI=1S/C18H37N4O2S/c1-6-21(7-2)12-13-22(8-3)11-10-19-18(24)15-25-14-9-17(23)20-16(4)5/h9,16H,6-8,10-15H2,1-5H3,(H,19,24)(H,20,23). The minimum Gasteiger partial charge on any atom is -0.354 e. The number of carbonyl (C=O) groups is 2. The highest BCUT2D eigenvalue weighted by molar-refractivity contribution is 8.00. The zero-order valence-electron chi connectivity index (χ0n) is 16.6. The minimum absolute atomic E-state index is 0.0301.